The largest absolute Gasteiger partial charge is 0.458 e. The van der Waals surface area contributed by atoms with Gasteiger partial charge in [-0.2, -0.15) is 0 Å². The molecule has 2 heterocycles. The van der Waals surface area contributed by atoms with Crippen LogP contribution in [-0.4, -0.2) is 6.61 Å². The van der Waals surface area contributed by atoms with Crippen LogP contribution < -0.4 is 5.43 Å². The van der Waals surface area contributed by atoms with Crippen LogP contribution in [0.15, 0.2) is 33.5 Å². The van der Waals surface area contributed by atoms with E-state index in [9.17, 15) is 9.18 Å². The summed E-state index contributed by atoms with van der Waals surface area (Å²) in [6.45, 7) is 0.690. The van der Waals surface area contributed by atoms with E-state index in [1.807, 2.05) is 0 Å². The van der Waals surface area contributed by atoms with Crippen LogP contribution in [0.2, 0.25) is 0 Å². The van der Waals surface area contributed by atoms with Crippen LogP contribution in [0.5, 0.6) is 0 Å². The Balaban J connectivity index is 2.17. The zero-order chi connectivity index (χ0) is 11.8. The lowest BCUT2D eigenvalue weighted by Crippen LogP contribution is -2.05. The van der Waals surface area contributed by atoms with Crippen molar-refractivity contribution in [1.29, 1.82) is 0 Å². The van der Waals surface area contributed by atoms with Gasteiger partial charge in [0.05, 0.1) is 5.39 Å². The van der Waals surface area contributed by atoms with Gasteiger partial charge in [0, 0.05) is 12.7 Å². The number of fused-ring (bicyclic) bond motifs is 1. The monoisotopic (exact) mass is 234 g/mol. The molecule has 2 aromatic rings. The van der Waals surface area contributed by atoms with Gasteiger partial charge in [-0.15, -0.1) is 0 Å². The van der Waals surface area contributed by atoms with Crippen LogP contribution >= 0.6 is 0 Å². The summed E-state index contributed by atoms with van der Waals surface area (Å²) < 4.78 is 24.1. The highest BCUT2D eigenvalue weighted by atomic mass is 19.1. The van der Waals surface area contributed by atoms with Gasteiger partial charge < -0.3 is 9.15 Å². The first kappa shape index (κ1) is 10.5. The molecule has 0 radical (unpaired) electrons. The van der Waals surface area contributed by atoms with Crippen LogP contribution in [0.25, 0.3) is 11.0 Å². The third kappa shape index (κ3) is 1.85. The molecule has 1 saturated heterocycles. The molecule has 1 fully saturated rings. The van der Waals surface area contributed by atoms with Gasteiger partial charge >= 0.3 is 0 Å². The first-order chi connectivity index (χ1) is 8.24. The van der Waals surface area contributed by atoms with Crippen molar-refractivity contribution in [1.82, 2.24) is 0 Å². The van der Waals surface area contributed by atoms with Crippen molar-refractivity contribution in [2.24, 2.45) is 0 Å². The molecule has 1 aromatic heterocycles. The van der Waals surface area contributed by atoms with Crippen LogP contribution in [0, 0.1) is 5.82 Å². The SMILES string of the molecule is O=c1cc([C@@H]2CCCO2)oc2ccc(F)cc12. The fourth-order valence-corrected chi connectivity index (χ4v) is 2.11. The van der Waals surface area contributed by atoms with E-state index in [4.69, 9.17) is 9.15 Å². The zero-order valence-corrected chi connectivity index (χ0v) is 9.11. The number of hydrogen-bond donors (Lipinski definition) is 0. The molecule has 1 aliphatic heterocycles. The van der Waals surface area contributed by atoms with E-state index < -0.39 is 5.82 Å². The Morgan fingerprint density at radius 2 is 2.18 bits per heavy atom. The Bertz CT molecular complexity index is 612. The average molecular weight is 234 g/mol. The smallest absolute Gasteiger partial charge is 0.193 e. The summed E-state index contributed by atoms with van der Waals surface area (Å²) in [7, 11) is 0. The van der Waals surface area contributed by atoms with E-state index in [0.29, 0.717) is 18.0 Å². The average Bonchev–Trinajstić information content (AvgIpc) is 2.83. The lowest BCUT2D eigenvalue weighted by Gasteiger charge is -2.08. The summed E-state index contributed by atoms with van der Waals surface area (Å²) in [6, 6.07) is 5.35. The van der Waals surface area contributed by atoms with Crippen molar-refractivity contribution in [2.75, 3.05) is 6.61 Å². The second-order valence-electron chi connectivity index (χ2n) is 4.16. The van der Waals surface area contributed by atoms with Crippen molar-refractivity contribution < 1.29 is 13.5 Å². The minimum atomic E-state index is -0.435. The Hall–Kier alpha value is -1.68. The van der Waals surface area contributed by atoms with E-state index >= 15 is 0 Å². The third-order valence-electron chi connectivity index (χ3n) is 2.96. The number of halogens is 1. The second kappa shape index (κ2) is 3.96. The minimum absolute atomic E-state index is 0.142. The van der Waals surface area contributed by atoms with Crippen molar-refractivity contribution in [3.05, 3.63) is 46.1 Å². The fourth-order valence-electron chi connectivity index (χ4n) is 2.11. The lowest BCUT2D eigenvalue weighted by atomic mass is 10.1. The fraction of sp³-hybridized carbons (Fsp3) is 0.308. The molecule has 4 heteroatoms. The van der Waals surface area contributed by atoms with E-state index in [1.165, 1.54) is 24.3 Å². The molecule has 17 heavy (non-hydrogen) atoms. The molecule has 1 aromatic carbocycles. The zero-order valence-electron chi connectivity index (χ0n) is 9.11. The predicted molar refractivity (Wildman–Crippen MR) is 60.4 cm³/mol. The number of hydrogen-bond acceptors (Lipinski definition) is 3. The third-order valence-corrected chi connectivity index (χ3v) is 2.96. The first-order valence-electron chi connectivity index (χ1n) is 5.59. The summed E-state index contributed by atoms with van der Waals surface area (Å²) in [5, 5.41) is 0.270. The number of benzene rings is 1. The molecule has 0 saturated carbocycles. The van der Waals surface area contributed by atoms with Gasteiger partial charge in [0.1, 0.15) is 23.3 Å². The Morgan fingerprint density at radius 3 is 2.94 bits per heavy atom. The molecule has 3 rings (SSSR count). The summed E-state index contributed by atoms with van der Waals surface area (Å²) in [5.74, 6) is 0.0984. The molecule has 88 valence electrons. The molecule has 0 N–H and O–H groups in total. The summed E-state index contributed by atoms with van der Waals surface area (Å²) >= 11 is 0. The number of ether oxygens (including phenoxy) is 1. The molecule has 0 amide bonds. The molecule has 0 bridgehead atoms. The van der Waals surface area contributed by atoms with Gasteiger partial charge in [-0.05, 0) is 31.0 Å². The lowest BCUT2D eigenvalue weighted by molar-refractivity contribution is 0.0940. The molecular weight excluding hydrogens is 223 g/mol. The van der Waals surface area contributed by atoms with Gasteiger partial charge in [-0.1, -0.05) is 0 Å². The second-order valence-corrected chi connectivity index (χ2v) is 4.16. The van der Waals surface area contributed by atoms with Crippen molar-refractivity contribution in [2.45, 2.75) is 18.9 Å². The normalized spacial score (nSPS) is 19.9. The van der Waals surface area contributed by atoms with Gasteiger partial charge in [0.2, 0.25) is 0 Å². The van der Waals surface area contributed by atoms with Crippen molar-refractivity contribution >= 4 is 11.0 Å². The van der Waals surface area contributed by atoms with Crippen LogP contribution in [0.1, 0.15) is 24.7 Å². The standard InChI is InChI=1S/C13H11FO3/c14-8-3-4-11-9(6-8)10(15)7-13(17-11)12-2-1-5-16-12/h3-4,6-7,12H,1-2,5H2/t12-/m0/s1. The predicted octanol–water partition coefficient (Wildman–Crippen LogP) is 2.78. The van der Waals surface area contributed by atoms with Gasteiger partial charge in [-0.3, -0.25) is 4.79 Å². The first-order valence-corrected chi connectivity index (χ1v) is 5.59. The summed E-state index contributed by atoms with van der Waals surface area (Å²) in [5.41, 5.74) is 0.181. The highest BCUT2D eigenvalue weighted by Gasteiger charge is 2.21. The minimum Gasteiger partial charge on any atom is -0.458 e. The maximum absolute atomic E-state index is 13.0. The van der Waals surface area contributed by atoms with Crippen LogP contribution in [0.3, 0.4) is 0 Å². The molecule has 0 spiro atoms. The molecule has 1 atom stereocenters. The number of rotatable bonds is 1. The molecular formula is C13H11FO3. The highest BCUT2D eigenvalue weighted by Crippen LogP contribution is 2.29. The Kier molecular flexibility index (Phi) is 2.44. The van der Waals surface area contributed by atoms with Gasteiger partial charge in [0.25, 0.3) is 0 Å². The Labute approximate surface area is 96.8 Å². The van der Waals surface area contributed by atoms with E-state index in [2.05, 4.69) is 0 Å². The molecule has 1 aliphatic rings. The van der Waals surface area contributed by atoms with Gasteiger partial charge in [0.15, 0.2) is 5.43 Å². The van der Waals surface area contributed by atoms with E-state index in [1.54, 1.807) is 0 Å². The van der Waals surface area contributed by atoms with E-state index in [-0.39, 0.29) is 16.9 Å². The maximum atomic E-state index is 13.0. The summed E-state index contributed by atoms with van der Waals surface area (Å²) in [6.07, 6.45) is 1.68. The molecule has 0 aliphatic carbocycles. The molecule has 0 unspecified atom stereocenters. The summed E-state index contributed by atoms with van der Waals surface area (Å²) in [4.78, 5) is 11.8. The maximum Gasteiger partial charge on any atom is 0.193 e. The van der Waals surface area contributed by atoms with Crippen molar-refractivity contribution in [3.8, 4) is 0 Å². The van der Waals surface area contributed by atoms with Crippen LogP contribution in [0.4, 0.5) is 4.39 Å². The topological polar surface area (TPSA) is 39.4 Å². The van der Waals surface area contributed by atoms with E-state index in [0.717, 1.165) is 12.8 Å². The van der Waals surface area contributed by atoms with Crippen molar-refractivity contribution in [3.63, 3.8) is 0 Å². The van der Waals surface area contributed by atoms with Crippen LogP contribution in [-0.2, 0) is 4.74 Å². The quantitative estimate of drug-likeness (QED) is 0.761. The highest BCUT2D eigenvalue weighted by molar-refractivity contribution is 5.76. The van der Waals surface area contributed by atoms with Gasteiger partial charge in [-0.25, -0.2) is 4.39 Å². The Morgan fingerprint density at radius 1 is 1.29 bits per heavy atom. The molecule has 3 nitrogen and oxygen atoms in total.